The van der Waals surface area contributed by atoms with E-state index in [0.29, 0.717) is 5.69 Å². The standard InChI is InChI=1S/C18H11BBr2F3NO/c20-19(21)25(15-9-7-14(8-10-15)18(22,23)24)11-13-6-5-12-3-1-2-4-16(12)17(13)26-19/h1-11H. The lowest BCUT2D eigenvalue weighted by molar-refractivity contribution is -0.293. The Bertz CT molecular complexity index is 1030. The van der Waals surface area contributed by atoms with Gasteiger partial charge in [0.15, 0.2) is 5.69 Å². The average Bonchev–Trinajstić information content (AvgIpc) is 2.60. The van der Waals surface area contributed by atoms with Gasteiger partial charge in [-0.3, -0.25) is 0 Å². The molecule has 4 rings (SSSR count). The lowest BCUT2D eigenvalue weighted by Crippen LogP contribution is -2.43. The zero-order valence-corrected chi connectivity index (χ0v) is 16.3. The smallest absolute Gasteiger partial charge is 0.581 e. The van der Waals surface area contributed by atoms with Gasteiger partial charge < -0.3 is 9.14 Å². The molecule has 0 aliphatic carbocycles. The Labute approximate surface area is 164 Å². The van der Waals surface area contributed by atoms with Crippen LogP contribution in [-0.4, -0.2) is 14.8 Å². The molecular weight excluding hydrogens is 474 g/mol. The molecule has 0 radical (unpaired) electrons. The first-order chi connectivity index (χ1) is 12.3. The first kappa shape index (κ1) is 17.6. The first-order valence-electron chi connectivity index (χ1n) is 7.78. The van der Waals surface area contributed by atoms with Crippen molar-refractivity contribution in [2.24, 2.45) is 0 Å². The number of rotatable bonds is 1. The molecule has 132 valence electrons. The quantitative estimate of drug-likeness (QED) is 0.372. The minimum absolute atomic E-state index is 0.575. The van der Waals surface area contributed by atoms with Crippen LogP contribution in [0.5, 0.6) is 5.75 Å². The van der Waals surface area contributed by atoms with E-state index in [1.807, 2.05) is 42.6 Å². The van der Waals surface area contributed by atoms with Crippen molar-refractivity contribution in [1.82, 2.24) is 0 Å². The molecule has 8 heteroatoms. The normalized spacial score (nSPS) is 16.0. The molecule has 2 nitrogen and oxygen atoms in total. The number of halogens is 5. The molecule has 0 amide bonds. The fourth-order valence-corrected chi connectivity index (χ4v) is 4.08. The summed E-state index contributed by atoms with van der Waals surface area (Å²) >= 11 is 7.08. The molecule has 1 heterocycles. The Morgan fingerprint density at radius 2 is 1.58 bits per heavy atom. The lowest BCUT2D eigenvalue weighted by Gasteiger charge is -2.33. The highest BCUT2D eigenvalue weighted by Gasteiger charge is 2.41. The van der Waals surface area contributed by atoms with Gasteiger partial charge in [-0.05, 0) is 23.6 Å². The van der Waals surface area contributed by atoms with Crippen molar-refractivity contribution < 1.29 is 22.3 Å². The summed E-state index contributed by atoms with van der Waals surface area (Å²) in [7, 11) is 0. The van der Waals surface area contributed by atoms with Gasteiger partial charge >= 0.3 is 10.3 Å². The fraction of sp³-hybridized carbons (Fsp3) is 0.0556. The van der Waals surface area contributed by atoms with E-state index in [-0.39, 0.29) is 0 Å². The fourth-order valence-electron chi connectivity index (χ4n) is 3.00. The third-order valence-corrected chi connectivity index (χ3v) is 5.52. The van der Waals surface area contributed by atoms with Crippen molar-refractivity contribution in [3.63, 3.8) is 0 Å². The predicted octanol–water partition coefficient (Wildman–Crippen LogP) is 6.24. The van der Waals surface area contributed by atoms with Crippen LogP contribution in [0.25, 0.3) is 10.8 Å². The summed E-state index contributed by atoms with van der Waals surface area (Å²) in [4.78, 5) is 0. The van der Waals surface area contributed by atoms with Gasteiger partial charge in [0, 0.05) is 17.5 Å². The Balaban J connectivity index is 1.84. The van der Waals surface area contributed by atoms with Crippen LogP contribution in [0, 0.1) is 0 Å². The topological polar surface area (TPSA) is 12.2 Å². The van der Waals surface area contributed by atoms with Gasteiger partial charge in [0.2, 0.25) is 0 Å². The van der Waals surface area contributed by atoms with Crippen LogP contribution in [0.1, 0.15) is 11.1 Å². The van der Waals surface area contributed by atoms with Crippen molar-refractivity contribution in [3.8, 4) is 5.75 Å². The van der Waals surface area contributed by atoms with E-state index in [4.69, 9.17) is 4.65 Å². The number of alkyl halides is 3. The highest BCUT2D eigenvalue weighted by Crippen LogP contribution is 2.40. The van der Waals surface area contributed by atoms with Gasteiger partial charge in [0.05, 0.1) is 16.9 Å². The summed E-state index contributed by atoms with van der Waals surface area (Å²) in [6, 6.07) is 16.8. The third kappa shape index (κ3) is 3.05. The maximum atomic E-state index is 12.8. The van der Waals surface area contributed by atoms with E-state index in [2.05, 4.69) is 31.5 Å². The maximum absolute atomic E-state index is 12.8. The molecule has 0 bridgehead atoms. The molecule has 3 aromatic carbocycles. The zero-order chi connectivity index (χ0) is 18.5. The van der Waals surface area contributed by atoms with Gasteiger partial charge in [0.25, 0.3) is 0 Å². The lowest BCUT2D eigenvalue weighted by atomic mass is 10.0. The molecule has 26 heavy (non-hydrogen) atoms. The SMILES string of the molecule is FC(F)(F)c1ccc([N+]2=Cc3ccc4ccccc4c3O[B-]2(Br)Br)cc1. The second kappa shape index (κ2) is 6.13. The van der Waals surface area contributed by atoms with Gasteiger partial charge in [0.1, 0.15) is 6.21 Å². The number of hydrogen-bond acceptors (Lipinski definition) is 1. The highest BCUT2D eigenvalue weighted by molar-refractivity contribution is 9.50. The summed E-state index contributed by atoms with van der Waals surface area (Å²) in [6.45, 7) is 0. The van der Waals surface area contributed by atoms with Crippen LogP contribution in [0.4, 0.5) is 18.9 Å². The number of benzene rings is 3. The van der Waals surface area contributed by atoms with Crippen LogP contribution in [0.15, 0.2) is 60.7 Å². The Morgan fingerprint density at radius 1 is 0.885 bits per heavy atom. The summed E-state index contributed by atoms with van der Waals surface area (Å²) in [6.07, 6.45) is -2.51. The molecule has 1 aliphatic rings. The first-order valence-corrected chi connectivity index (χ1v) is 9.61. The zero-order valence-electron chi connectivity index (χ0n) is 13.2. The summed E-state index contributed by atoms with van der Waals surface area (Å²) in [5.41, 5.74) is 0.735. The van der Waals surface area contributed by atoms with Crippen molar-refractivity contribution in [2.75, 3.05) is 0 Å². The van der Waals surface area contributed by atoms with Crippen molar-refractivity contribution in [1.29, 1.82) is 0 Å². The molecular formula is C18H11BBr2F3NO. The molecule has 1 aliphatic heterocycles. The van der Waals surface area contributed by atoms with Gasteiger partial charge in [-0.25, -0.2) is 0 Å². The van der Waals surface area contributed by atoms with Crippen molar-refractivity contribution >= 4 is 58.3 Å². The average molecular weight is 485 g/mol. The molecule has 0 fully saturated rings. The monoisotopic (exact) mass is 483 g/mol. The van der Waals surface area contributed by atoms with E-state index >= 15 is 0 Å². The van der Waals surface area contributed by atoms with E-state index in [1.165, 1.54) is 12.1 Å². The largest absolute Gasteiger partial charge is 0.639 e. The number of hydrogen-bond donors (Lipinski definition) is 0. The molecule has 0 spiro atoms. The summed E-state index contributed by atoms with van der Waals surface area (Å²) in [5, 5.41) is 2.02. The molecule has 0 unspecified atom stereocenters. The maximum Gasteiger partial charge on any atom is 0.581 e. The van der Waals surface area contributed by atoms with Crippen LogP contribution < -0.4 is 4.65 Å². The van der Waals surface area contributed by atoms with E-state index in [9.17, 15) is 13.2 Å². The highest BCUT2D eigenvalue weighted by atomic mass is 79.9. The second-order valence-corrected chi connectivity index (χ2v) is 9.68. The van der Waals surface area contributed by atoms with Gasteiger partial charge in [-0.1, -0.05) is 30.3 Å². The Kier molecular flexibility index (Phi) is 4.15. The van der Waals surface area contributed by atoms with Crippen LogP contribution in [0.2, 0.25) is 0 Å². The number of fused-ring (bicyclic) bond motifs is 3. The summed E-state index contributed by atoms with van der Waals surface area (Å²) in [5.74, 6) is 0.722. The molecule has 0 N–H and O–H groups in total. The minimum Gasteiger partial charge on any atom is -0.639 e. The molecule has 0 aromatic heterocycles. The van der Waals surface area contributed by atoms with E-state index in [0.717, 1.165) is 34.2 Å². The van der Waals surface area contributed by atoms with Crippen LogP contribution in [-0.2, 0) is 6.18 Å². The van der Waals surface area contributed by atoms with Crippen molar-refractivity contribution in [2.45, 2.75) is 6.18 Å². The second-order valence-electron chi connectivity index (χ2n) is 5.97. The molecule has 3 aromatic rings. The van der Waals surface area contributed by atoms with Crippen molar-refractivity contribution in [3.05, 3.63) is 71.8 Å². The Morgan fingerprint density at radius 3 is 2.27 bits per heavy atom. The molecule has 0 saturated carbocycles. The minimum atomic E-state index is -4.36. The predicted molar refractivity (Wildman–Crippen MR) is 105 cm³/mol. The summed E-state index contributed by atoms with van der Waals surface area (Å²) < 4.78 is 44.4. The molecule has 0 saturated heterocycles. The third-order valence-electron chi connectivity index (χ3n) is 4.26. The van der Waals surface area contributed by atoms with Gasteiger partial charge in [-0.2, -0.15) is 44.7 Å². The van der Waals surface area contributed by atoms with Crippen LogP contribution >= 0.6 is 31.5 Å². The number of nitrogens with zero attached hydrogens (tertiary/aromatic N) is 1. The van der Waals surface area contributed by atoms with Crippen LogP contribution in [0.3, 0.4) is 0 Å². The Hall–Kier alpha value is -1.80. The van der Waals surface area contributed by atoms with E-state index < -0.39 is 15.9 Å². The van der Waals surface area contributed by atoms with E-state index in [1.54, 1.807) is 4.49 Å². The van der Waals surface area contributed by atoms with Gasteiger partial charge in [-0.15, -0.1) is 0 Å². The molecule has 0 atom stereocenters.